The van der Waals surface area contributed by atoms with Crippen LogP contribution in [0.2, 0.25) is 0 Å². The van der Waals surface area contributed by atoms with Gasteiger partial charge in [0, 0.05) is 24.2 Å². The highest BCUT2D eigenvalue weighted by molar-refractivity contribution is 6.17. The van der Waals surface area contributed by atoms with Gasteiger partial charge in [-0.15, -0.1) is 11.6 Å². The SMILES string of the molecule is Cc1ccc(N(CCC#N)C2CC2)c(CCl)c1. The molecule has 1 aromatic carbocycles. The third-order valence-electron chi connectivity index (χ3n) is 3.14. The molecule has 0 N–H and O–H groups in total. The molecule has 0 heterocycles. The van der Waals surface area contributed by atoms with Gasteiger partial charge in [-0.1, -0.05) is 17.7 Å². The molecule has 0 atom stereocenters. The molecule has 3 heteroatoms. The highest BCUT2D eigenvalue weighted by atomic mass is 35.5. The van der Waals surface area contributed by atoms with Gasteiger partial charge in [0.25, 0.3) is 0 Å². The molecule has 17 heavy (non-hydrogen) atoms. The van der Waals surface area contributed by atoms with Crippen molar-refractivity contribution in [1.29, 1.82) is 5.26 Å². The molecule has 2 nitrogen and oxygen atoms in total. The molecule has 2 rings (SSSR count). The second kappa shape index (κ2) is 5.42. The van der Waals surface area contributed by atoms with E-state index in [4.69, 9.17) is 16.9 Å². The van der Waals surface area contributed by atoms with E-state index in [0.717, 1.165) is 6.54 Å². The largest absolute Gasteiger partial charge is 0.367 e. The molecule has 1 aliphatic rings. The Bertz CT molecular complexity index is 432. The molecule has 0 aromatic heterocycles. The smallest absolute Gasteiger partial charge is 0.0640 e. The van der Waals surface area contributed by atoms with Crippen molar-refractivity contribution in [3.05, 3.63) is 29.3 Å². The van der Waals surface area contributed by atoms with Crippen molar-refractivity contribution in [2.45, 2.75) is 38.1 Å². The van der Waals surface area contributed by atoms with Crippen LogP contribution in [0, 0.1) is 18.3 Å². The van der Waals surface area contributed by atoms with E-state index >= 15 is 0 Å². The zero-order valence-electron chi connectivity index (χ0n) is 10.1. The van der Waals surface area contributed by atoms with Crippen molar-refractivity contribution in [2.75, 3.05) is 11.4 Å². The number of rotatable bonds is 5. The summed E-state index contributed by atoms with van der Waals surface area (Å²) in [7, 11) is 0. The topological polar surface area (TPSA) is 27.0 Å². The number of benzene rings is 1. The van der Waals surface area contributed by atoms with E-state index in [1.165, 1.54) is 29.7 Å². The summed E-state index contributed by atoms with van der Waals surface area (Å²) in [6.45, 7) is 2.89. The summed E-state index contributed by atoms with van der Waals surface area (Å²) >= 11 is 6.02. The Morgan fingerprint density at radius 1 is 1.47 bits per heavy atom. The standard InChI is InChI=1S/C14H17ClN2/c1-11-3-6-14(12(9-11)10-15)17(8-2-7-16)13-4-5-13/h3,6,9,13H,2,4-5,8,10H2,1H3. The van der Waals surface area contributed by atoms with Crippen LogP contribution in [0.15, 0.2) is 18.2 Å². The lowest BCUT2D eigenvalue weighted by molar-refractivity contribution is 0.789. The van der Waals surface area contributed by atoms with Crippen molar-refractivity contribution in [1.82, 2.24) is 0 Å². The lowest BCUT2D eigenvalue weighted by Gasteiger charge is -2.26. The monoisotopic (exact) mass is 248 g/mol. The third-order valence-corrected chi connectivity index (χ3v) is 3.43. The number of hydrogen-bond acceptors (Lipinski definition) is 2. The molecule has 1 aromatic rings. The highest BCUT2D eigenvalue weighted by Gasteiger charge is 2.29. The zero-order valence-corrected chi connectivity index (χ0v) is 10.9. The molecular formula is C14H17ClN2. The molecule has 0 aliphatic heterocycles. The summed E-state index contributed by atoms with van der Waals surface area (Å²) in [6, 6.07) is 9.25. The summed E-state index contributed by atoms with van der Waals surface area (Å²) in [5.74, 6) is 0.535. The number of aryl methyl sites for hydroxylation is 1. The predicted octanol–water partition coefficient (Wildman–Crippen LogP) is 3.62. The first-order chi connectivity index (χ1) is 8.26. The maximum atomic E-state index is 8.73. The van der Waals surface area contributed by atoms with Gasteiger partial charge in [0.15, 0.2) is 0 Å². The van der Waals surface area contributed by atoms with Crippen LogP contribution in [0.25, 0.3) is 0 Å². The van der Waals surface area contributed by atoms with Crippen LogP contribution >= 0.6 is 11.6 Å². The summed E-state index contributed by atoms with van der Waals surface area (Å²) in [5.41, 5.74) is 3.63. The number of anilines is 1. The van der Waals surface area contributed by atoms with Crippen LogP contribution in [-0.2, 0) is 5.88 Å². The lowest BCUT2D eigenvalue weighted by Crippen LogP contribution is -2.27. The van der Waals surface area contributed by atoms with Gasteiger partial charge < -0.3 is 4.90 Å². The van der Waals surface area contributed by atoms with E-state index in [1.54, 1.807) is 0 Å². The molecule has 90 valence electrons. The first-order valence-electron chi connectivity index (χ1n) is 6.05. The molecule has 1 saturated carbocycles. The van der Waals surface area contributed by atoms with Gasteiger partial charge in [-0.3, -0.25) is 0 Å². The fraction of sp³-hybridized carbons (Fsp3) is 0.500. The van der Waals surface area contributed by atoms with Crippen molar-refractivity contribution in [2.24, 2.45) is 0 Å². The Labute approximate surface area is 108 Å². The highest BCUT2D eigenvalue weighted by Crippen LogP contribution is 2.34. The minimum absolute atomic E-state index is 0.535. The average molecular weight is 249 g/mol. The summed E-state index contributed by atoms with van der Waals surface area (Å²) in [4.78, 5) is 2.35. The Morgan fingerprint density at radius 3 is 2.82 bits per heavy atom. The fourth-order valence-electron chi connectivity index (χ4n) is 2.16. The molecule has 1 fully saturated rings. The zero-order chi connectivity index (χ0) is 12.3. The normalized spacial score (nSPS) is 14.4. The average Bonchev–Trinajstić information content (AvgIpc) is 3.15. The van der Waals surface area contributed by atoms with Crippen molar-refractivity contribution in [3.8, 4) is 6.07 Å². The van der Waals surface area contributed by atoms with Crippen LogP contribution in [0.1, 0.15) is 30.4 Å². The third kappa shape index (κ3) is 2.92. The molecule has 1 aliphatic carbocycles. The van der Waals surface area contributed by atoms with Crippen LogP contribution in [-0.4, -0.2) is 12.6 Å². The van der Waals surface area contributed by atoms with Gasteiger partial charge in [-0.25, -0.2) is 0 Å². The number of hydrogen-bond donors (Lipinski definition) is 0. The van der Waals surface area contributed by atoms with Crippen molar-refractivity contribution in [3.63, 3.8) is 0 Å². The molecule has 0 saturated heterocycles. The van der Waals surface area contributed by atoms with Crippen molar-refractivity contribution < 1.29 is 0 Å². The van der Waals surface area contributed by atoms with Gasteiger partial charge in [0.1, 0.15) is 0 Å². The fourth-order valence-corrected chi connectivity index (χ4v) is 2.37. The van der Waals surface area contributed by atoms with E-state index < -0.39 is 0 Å². The molecule has 0 bridgehead atoms. The Balaban J connectivity index is 2.25. The Kier molecular flexibility index (Phi) is 3.91. The second-order valence-electron chi connectivity index (χ2n) is 4.60. The maximum Gasteiger partial charge on any atom is 0.0640 e. The number of alkyl halides is 1. The summed E-state index contributed by atoms with van der Waals surface area (Å²) < 4.78 is 0. The van der Waals surface area contributed by atoms with Crippen LogP contribution in [0.3, 0.4) is 0 Å². The molecule has 0 radical (unpaired) electrons. The number of nitriles is 1. The van der Waals surface area contributed by atoms with E-state index in [-0.39, 0.29) is 0 Å². The van der Waals surface area contributed by atoms with Crippen LogP contribution in [0.5, 0.6) is 0 Å². The first kappa shape index (κ1) is 12.3. The minimum atomic E-state index is 0.535. The Hall–Kier alpha value is -1.20. The Morgan fingerprint density at radius 2 is 2.24 bits per heavy atom. The number of nitrogens with zero attached hydrogens (tertiary/aromatic N) is 2. The van der Waals surface area contributed by atoms with Crippen LogP contribution < -0.4 is 4.90 Å². The quantitative estimate of drug-likeness (QED) is 0.745. The van der Waals surface area contributed by atoms with Gasteiger partial charge in [0.2, 0.25) is 0 Å². The maximum absolute atomic E-state index is 8.73. The van der Waals surface area contributed by atoms with E-state index in [0.29, 0.717) is 18.3 Å². The van der Waals surface area contributed by atoms with E-state index in [9.17, 15) is 0 Å². The summed E-state index contributed by atoms with van der Waals surface area (Å²) in [5, 5.41) is 8.73. The summed E-state index contributed by atoms with van der Waals surface area (Å²) in [6.07, 6.45) is 3.05. The molecular weight excluding hydrogens is 232 g/mol. The van der Waals surface area contributed by atoms with E-state index in [1.807, 2.05) is 0 Å². The molecule has 0 amide bonds. The predicted molar refractivity (Wildman–Crippen MR) is 71.3 cm³/mol. The minimum Gasteiger partial charge on any atom is -0.367 e. The van der Waals surface area contributed by atoms with Crippen LogP contribution in [0.4, 0.5) is 5.69 Å². The van der Waals surface area contributed by atoms with Gasteiger partial charge >= 0.3 is 0 Å². The number of halogens is 1. The second-order valence-corrected chi connectivity index (χ2v) is 4.87. The van der Waals surface area contributed by atoms with Gasteiger partial charge in [0.05, 0.1) is 12.5 Å². The lowest BCUT2D eigenvalue weighted by atomic mass is 10.1. The molecule has 0 unspecified atom stereocenters. The van der Waals surface area contributed by atoms with E-state index in [2.05, 4.69) is 36.1 Å². The van der Waals surface area contributed by atoms with Crippen molar-refractivity contribution >= 4 is 17.3 Å². The molecule has 0 spiro atoms. The van der Waals surface area contributed by atoms with Gasteiger partial charge in [-0.2, -0.15) is 5.26 Å². The van der Waals surface area contributed by atoms with Gasteiger partial charge in [-0.05, 0) is 31.4 Å². The first-order valence-corrected chi connectivity index (χ1v) is 6.59.